The molecule has 0 bridgehead atoms. The lowest BCUT2D eigenvalue weighted by Gasteiger charge is -2.38. The van der Waals surface area contributed by atoms with E-state index in [1.165, 1.54) is 4.68 Å². The molecule has 0 aromatic carbocycles. The number of aliphatic hydroxyl groups excluding tert-OH is 1. The number of rotatable bonds is 3. The molecule has 0 saturated heterocycles. The predicted molar refractivity (Wildman–Crippen MR) is 78.2 cm³/mol. The van der Waals surface area contributed by atoms with Gasteiger partial charge < -0.3 is 10.4 Å². The summed E-state index contributed by atoms with van der Waals surface area (Å²) in [7, 11) is 1.61. The minimum Gasteiger partial charge on any atom is -0.392 e. The standard InChI is InChI=1S/C13H20BrN3O2/c1-13(6-4-3-5-10(13)18)8-15-9-7-16-17(2)12(19)11(9)14/h7,10,15,18H,3-6,8H2,1-2H3. The first-order valence-corrected chi connectivity index (χ1v) is 7.37. The molecule has 2 rings (SSSR count). The van der Waals surface area contributed by atoms with E-state index in [0.29, 0.717) is 16.7 Å². The number of hydrogen-bond donors (Lipinski definition) is 2. The van der Waals surface area contributed by atoms with E-state index in [1.807, 2.05) is 0 Å². The third kappa shape index (κ3) is 3.00. The Morgan fingerprint density at radius 1 is 1.63 bits per heavy atom. The van der Waals surface area contributed by atoms with Crippen LogP contribution in [0.15, 0.2) is 15.5 Å². The summed E-state index contributed by atoms with van der Waals surface area (Å²) >= 11 is 3.29. The van der Waals surface area contributed by atoms with Crippen LogP contribution in [0, 0.1) is 5.41 Å². The molecule has 2 N–H and O–H groups in total. The number of aryl methyl sites for hydroxylation is 1. The number of aromatic nitrogens is 2. The summed E-state index contributed by atoms with van der Waals surface area (Å²) in [5.41, 5.74) is 0.375. The molecule has 0 radical (unpaired) electrons. The van der Waals surface area contributed by atoms with E-state index in [0.717, 1.165) is 25.7 Å². The van der Waals surface area contributed by atoms with E-state index >= 15 is 0 Å². The molecule has 1 aromatic rings. The molecule has 2 atom stereocenters. The molecule has 1 aliphatic carbocycles. The Morgan fingerprint density at radius 2 is 2.37 bits per heavy atom. The van der Waals surface area contributed by atoms with Crippen molar-refractivity contribution >= 4 is 21.6 Å². The first-order chi connectivity index (χ1) is 8.94. The molecule has 0 amide bonds. The maximum Gasteiger partial charge on any atom is 0.282 e. The highest BCUT2D eigenvalue weighted by Crippen LogP contribution is 2.36. The van der Waals surface area contributed by atoms with Gasteiger partial charge in [0.15, 0.2) is 0 Å². The predicted octanol–water partition coefficient (Wildman–Crippen LogP) is 1.90. The van der Waals surface area contributed by atoms with Crippen molar-refractivity contribution in [1.29, 1.82) is 0 Å². The van der Waals surface area contributed by atoms with Crippen molar-refractivity contribution < 1.29 is 5.11 Å². The fourth-order valence-corrected chi connectivity index (χ4v) is 3.02. The van der Waals surface area contributed by atoms with Crippen LogP contribution < -0.4 is 10.9 Å². The average molecular weight is 330 g/mol. The Balaban J connectivity index is 2.10. The van der Waals surface area contributed by atoms with Crippen LogP contribution in [0.25, 0.3) is 0 Å². The summed E-state index contributed by atoms with van der Waals surface area (Å²) in [5, 5.41) is 17.4. The number of hydrogen-bond acceptors (Lipinski definition) is 4. The van der Waals surface area contributed by atoms with Gasteiger partial charge in [-0.2, -0.15) is 5.10 Å². The second kappa shape index (κ2) is 5.63. The summed E-state index contributed by atoms with van der Waals surface area (Å²) in [4.78, 5) is 11.7. The third-order valence-electron chi connectivity index (χ3n) is 4.04. The first kappa shape index (κ1) is 14.5. The zero-order chi connectivity index (χ0) is 14.0. The van der Waals surface area contributed by atoms with E-state index in [9.17, 15) is 9.90 Å². The molecule has 1 aliphatic rings. The summed E-state index contributed by atoms with van der Waals surface area (Å²) in [6.45, 7) is 2.73. The van der Waals surface area contributed by atoms with Gasteiger partial charge in [-0.25, -0.2) is 4.68 Å². The maximum absolute atomic E-state index is 11.7. The summed E-state index contributed by atoms with van der Waals surface area (Å²) in [5.74, 6) is 0. The summed E-state index contributed by atoms with van der Waals surface area (Å²) < 4.78 is 1.77. The monoisotopic (exact) mass is 329 g/mol. The molecule has 106 valence electrons. The molecule has 1 aromatic heterocycles. The van der Waals surface area contributed by atoms with Crippen molar-refractivity contribution in [2.75, 3.05) is 11.9 Å². The largest absolute Gasteiger partial charge is 0.392 e. The second-order valence-electron chi connectivity index (χ2n) is 5.57. The van der Waals surface area contributed by atoms with Crippen LogP contribution >= 0.6 is 15.9 Å². The number of anilines is 1. The number of aliphatic hydroxyl groups is 1. The van der Waals surface area contributed by atoms with Crippen molar-refractivity contribution in [3.05, 3.63) is 21.0 Å². The van der Waals surface area contributed by atoms with Gasteiger partial charge in [-0.15, -0.1) is 0 Å². The first-order valence-electron chi connectivity index (χ1n) is 6.58. The topological polar surface area (TPSA) is 67.2 Å². The van der Waals surface area contributed by atoms with Gasteiger partial charge in [0.2, 0.25) is 0 Å². The van der Waals surface area contributed by atoms with Gasteiger partial charge in [-0.05, 0) is 28.8 Å². The zero-order valence-electron chi connectivity index (χ0n) is 11.3. The highest BCUT2D eigenvalue weighted by atomic mass is 79.9. The van der Waals surface area contributed by atoms with Gasteiger partial charge in [0.1, 0.15) is 4.47 Å². The Morgan fingerprint density at radius 3 is 3.05 bits per heavy atom. The van der Waals surface area contributed by atoms with Gasteiger partial charge in [-0.3, -0.25) is 4.79 Å². The summed E-state index contributed by atoms with van der Waals surface area (Å²) in [6, 6.07) is 0. The smallest absolute Gasteiger partial charge is 0.282 e. The van der Waals surface area contributed by atoms with Crippen LogP contribution in [0.3, 0.4) is 0 Å². The Hall–Kier alpha value is -0.880. The molecule has 0 spiro atoms. The lowest BCUT2D eigenvalue weighted by molar-refractivity contribution is 0.00961. The van der Waals surface area contributed by atoms with E-state index in [2.05, 4.69) is 33.3 Å². The van der Waals surface area contributed by atoms with Crippen LogP contribution in [-0.2, 0) is 7.05 Å². The van der Waals surface area contributed by atoms with E-state index < -0.39 is 0 Å². The fraction of sp³-hybridized carbons (Fsp3) is 0.692. The second-order valence-corrected chi connectivity index (χ2v) is 6.36. The van der Waals surface area contributed by atoms with Crippen molar-refractivity contribution in [3.8, 4) is 0 Å². The molecule has 2 unspecified atom stereocenters. The van der Waals surface area contributed by atoms with Crippen molar-refractivity contribution in [3.63, 3.8) is 0 Å². The van der Waals surface area contributed by atoms with Crippen molar-refractivity contribution in [2.45, 2.75) is 38.7 Å². The number of halogens is 1. The highest BCUT2D eigenvalue weighted by molar-refractivity contribution is 9.10. The SMILES string of the molecule is Cn1ncc(NCC2(C)CCCCC2O)c(Br)c1=O. The Kier molecular flexibility index (Phi) is 4.30. The molecule has 1 fully saturated rings. The van der Waals surface area contributed by atoms with Crippen LogP contribution in [0.5, 0.6) is 0 Å². The molecule has 1 heterocycles. The minimum atomic E-state index is -0.285. The van der Waals surface area contributed by atoms with Crippen LogP contribution in [0.1, 0.15) is 32.6 Å². The molecule has 1 saturated carbocycles. The van der Waals surface area contributed by atoms with Gasteiger partial charge in [0.05, 0.1) is 18.0 Å². The lowest BCUT2D eigenvalue weighted by Crippen LogP contribution is -2.41. The third-order valence-corrected chi connectivity index (χ3v) is 4.81. The highest BCUT2D eigenvalue weighted by Gasteiger charge is 2.35. The Bertz CT molecular complexity index is 517. The van der Waals surface area contributed by atoms with Crippen LogP contribution in [-0.4, -0.2) is 27.5 Å². The van der Waals surface area contributed by atoms with Crippen LogP contribution in [0.4, 0.5) is 5.69 Å². The average Bonchev–Trinajstić information content (AvgIpc) is 2.39. The maximum atomic E-state index is 11.7. The quantitative estimate of drug-likeness (QED) is 0.888. The van der Waals surface area contributed by atoms with Crippen molar-refractivity contribution in [2.24, 2.45) is 12.5 Å². The normalized spacial score (nSPS) is 27.3. The number of nitrogens with zero attached hydrogens (tertiary/aromatic N) is 2. The molecular formula is C13H20BrN3O2. The van der Waals surface area contributed by atoms with E-state index in [-0.39, 0.29) is 17.1 Å². The minimum absolute atomic E-state index is 0.140. The molecule has 19 heavy (non-hydrogen) atoms. The van der Waals surface area contributed by atoms with Gasteiger partial charge in [0, 0.05) is 19.0 Å². The molecule has 0 aliphatic heterocycles. The number of nitrogens with one attached hydrogen (secondary N) is 1. The van der Waals surface area contributed by atoms with Crippen molar-refractivity contribution in [1.82, 2.24) is 9.78 Å². The van der Waals surface area contributed by atoms with E-state index in [1.54, 1.807) is 13.2 Å². The van der Waals surface area contributed by atoms with Gasteiger partial charge in [0.25, 0.3) is 5.56 Å². The zero-order valence-corrected chi connectivity index (χ0v) is 12.9. The molecule has 5 nitrogen and oxygen atoms in total. The van der Waals surface area contributed by atoms with E-state index in [4.69, 9.17) is 0 Å². The lowest BCUT2D eigenvalue weighted by atomic mass is 9.73. The molecule has 6 heteroatoms. The summed E-state index contributed by atoms with van der Waals surface area (Å²) in [6.07, 6.45) is 5.43. The van der Waals surface area contributed by atoms with Gasteiger partial charge in [-0.1, -0.05) is 19.8 Å². The van der Waals surface area contributed by atoms with Gasteiger partial charge >= 0.3 is 0 Å². The fourth-order valence-electron chi connectivity index (χ4n) is 2.52. The van der Waals surface area contributed by atoms with Crippen LogP contribution in [0.2, 0.25) is 0 Å². The Labute approximate surface area is 121 Å². The molecular weight excluding hydrogens is 310 g/mol.